The molecule has 1 aromatic carbocycles. The Hall–Kier alpha value is -2.22. The first-order valence-corrected chi connectivity index (χ1v) is 13.1. The number of amides is 3. The van der Waals surface area contributed by atoms with Crippen molar-refractivity contribution in [2.24, 2.45) is 0 Å². The molecular weight excluding hydrogens is 438 g/mol. The summed E-state index contributed by atoms with van der Waals surface area (Å²) in [5.74, 6) is 0.178. The zero-order chi connectivity index (χ0) is 24.4. The van der Waals surface area contributed by atoms with Gasteiger partial charge in [0.25, 0.3) is 0 Å². The maximum atomic E-state index is 13.5. The van der Waals surface area contributed by atoms with Crippen LogP contribution in [0.2, 0.25) is 0 Å². The second kappa shape index (κ2) is 12.9. The van der Waals surface area contributed by atoms with Crippen LogP contribution in [0.1, 0.15) is 70.9 Å². The maximum Gasteiger partial charge on any atom is 0.408 e. The molecule has 2 rings (SSSR count). The van der Waals surface area contributed by atoms with Gasteiger partial charge < -0.3 is 20.3 Å². The van der Waals surface area contributed by atoms with Crippen LogP contribution in [0.4, 0.5) is 4.79 Å². The summed E-state index contributed by atoms with van der Waals surface area (Å²) in [4.78, 5) is 40.8. The molecule has 2 unspecified atom stereocenters. The van der Waals surface area contributed by atoms with E-state index in [-0.39, 0.29) is 17.9 Å². The molecule has 1 aromatic rings. The molecule has 0 aliphatic heterocycles. The number of hydrogen-bond donors (Lipinski definition) is 2. The van der Waals surface area contributed by atoms with Crippen molar-refractivity contribution < 1.29 is 19.1 Å². The zero-order valence-corrected chi connectivity index (χ0v) is 21.4. The van der Waals surface area contributed by atoms with Crippen LogP contribution < -0.4 is 10.6 Å². The van der Waals surface area contributed by atoms with E-state index in [1.54, 1.807) is 39.6 Å². The van der Waals surface area contributed by atoms with Crippen LogP contribution in [0.5, 0.6) is 0 Å². The lowest BCUT2D eigenvalue weighted by molar-refractivity contribution is -0.141. The van der Waals surface area contributed by atoms with Crippen LogP contribution in [-0.2, 0) is 14.3 Å². The molecule has 2 N–H and O–H groups in total. The Labute approximate surface area is 202 Å². The van der Waals surface area contributed by atoms with Gasteiger partial charge >= 0.3 is 6.09 Å². The lowest BCUT2D eigenvalue weighted by atomic mass is 9.94. The van der Waals surface area contributed by atoms with Gasteiger partial charge in [0.2, 0.25) is 11.8 Å². The first kappa shape index (κ1) is 27.0. The molecule has 0 bridgehead atoms. The van der Waals surface area contributed by atoms with E-state index in [1.165, 1.54) is 11.3 Å². The van der Waals surface area contributed by atoms with Crippen molar-refractivity contribution in [2.45, 2.75) is 83.0 Å². The zero-order valence-electron chi connectivity index (χ0n) is 20.6. The number of hydrogen-bond acceptors (Lipinski definition) is 5. The van der Waals surface area contributed by atoms with Gasteiger partial charge in [-0.15, -0.1) is 0 Å². The average Bonchev–Trinajstić information content (AvgIpc) is 2.76. The molecule has 0 heterocycles. The first-order valence-electron chi connectivity index (χ1n) is 11.7. The molecule has 2 atom stereocenters. The molecular formula is C25H39N3O4S. The van der Waals surface area contributed by atoms with E-state index < -0.39 is 23.8 Å². The molecule has 1 saturated carbocycles. The third-order valence-corrected chi connectivity index (χ3v) is 6.29. The van der Waals surface area contributed by atoms with Crippen molar-refractivity contribution in [3.05, 3.63) is 35.9 Å². The van der Waals surface area contributed by atoms with Gasteiger partial charge in [-0.3, -0.25) is 9.59 Å². The normalized spacial score (nSPS) is 16.4. The number of thioether (sulfide) groups is 1. The Balaban J connectivity index is 2.23. The van der Waals surface area contributed by atoms with Crippen molar-refractivity contribution >= 4 is 29.7 Å². The molecule has 7 nitrogen and oxygen atoms in total. The summed E-state index contributed by atoms with van der Waals surface area (Å²) in [6.07, 6.45) is 7.07. The highest BCUT2D eigenvalue weighted by Gasteiger charge is 2.34. The number of likely N-dealkylation sites (N-methyl/N-ethyl adjacent to an activating group) is 1. The second-order valence-corrected chi connectivity index (χ2v) is 10.6. The van der Waals surface area contributed by atoms with Crippen molar-refractivity contribution in [3.63, 3.8) is 0 Å². The Morgan fingerprint density at radius 1 is 1.12 bits per heavy atom. The Kier molecular flexibility index (Phi) is 10.5. The number of benzene rings is 1. The van der Waals surface area contributed by atoms with Crippen molar-refractivity contribution in [2.75, 3.05) is 19.1 Å². The van der Waals surface area contributed by atoms with E-state index in [2.05, 4.69) is 10.6 Å². The summed E-state index contributed by atoms with van der Waals surface area (Å²) in [5, 5.41) is 5.88. The molecule has 0 saturated heterocycles. The summed E-state index contributed by atoms with van der Waals surface area (Å²) >= 11 is 1.59. The molecule has 1 fully saturated rings. The minimum absolute atomic E-state index is 0.133. The highest BCUT2D eigenvalue weighted by atomic mass is 32.2. The third kappa shape index (κ3) is 8.91. The Bertz CT molecular complexity index is 776. The molecule has 8 heteroatoms. The van der Waals surface area contributed by atoms with Crippen LogP contribution >= 0.6 is 11.8 Å². The highest BCUT2D eigenvalue weighted by molar-refractivity contribution is 7.98. The highest BCUT2D eigenvalue weighted by Crippen LogP contribution is 2.24. The molecule has 184 valence electrons. The molecule has 0 aromatic heterocycles. The van der Waals surface area contributed by atoms with Crippen LogP contribution in [-0.4, -0.2) is 59.5 Å². The quantitative estimate of drug-likeness (QED) is 0.554. The minimum atomic E-state index is -0.786. The van der Waals surface area contributed by atoms with Gasteiger partial charge in [-0.1, -0.05) is 49.6 Å². The first-order chi connectivity index (χ1) is 15.6. The summed E-state index contributed by atoms with van der Waals surface area (Å²) in [6.45, 7) is 5.33. The fraction of sp³-hybridized carbons (Fsp3) is 0.640. The summed E-state index contributed by atoms with van der Waals surface area (Å²) in [5.41, 5.74) is 0.0674. The van der Waals surface area contributed by atoms with Crippen LogP contribution in [0, 0.1) is 0 Å². The van der Waals surface area contributed by atoms with Gasteiger partial charge in [-0.25, -0.2) is 4.79 Å². The Morgan fingerprint density at radius 2 is 1.76 bits per heavy atom. The van der Waals surface area contributed by atoms with Gasteiger partial charge in [0.15, 0.2) is 0 Å². The van der Waals surface area contributed by atoms with Gasteiger partial charge in [-0.2, -0.15) is 11.8 Å². The SMILES string of the molecule is CSCCC(NC(=O)OC(C)(C)C)C(=O)N(C)C(C(=O)NC1CCCCC1)c1ccccc1. The van der Waals surface area contributed by atoms with E-state index in [0.717, 1.165) is 31.2 Å². The molecule has 1 aliphatic rings. The molecule has 0 spiro atoms. The Morgan fingerprint density at radius 3 is 2.33 bits per heavy atom. The molecule has 3 amide bonds. The van der Waals surface area contributed by atoms with Crippen molar-refractivity contribution in [3.8, 4) is 0 Å². The fourth-order valence-corrected chi connectivity index (χ4v) is 4.50. The minimum Gasteiger partial charge on any atom is -0.444 e. The van der Waals surface area contributed by atoms with Gasteiger partial charge in [0.1, 0.15) is 17.7 Å². The number of nitrogens with one attached hydrogen (secondary N) is 2. The van der Waals surface area contributed by atoms with Gasteiger partial charge in [-0.05, 0) is 57.6 Å². The van der Waals surface area contributed by atoms with Gasteiger partial charge in [0, 0.05) is 13.1 Å². The fourth-order valence-electron chi connectivity index (χ4n) is 4.03. The standard InChI is InChI=1S/C25H39N3O4S/c1-25(2,3)32-24(31)27-20(16-17-33-5)23(30)28(4)21(18-12-8-6-9-13-18)22(29)26-19-14-10-7-11-15-19/h6,8-9,12-13,19-21H,7,10-11,14-17H2,1-5H3,(H,26,29)(H,27,31). The number of carbonyl (C=O) groups excluding carboxylic acids is 3. The van der Waals surface area contributed by atoms with Crippen LogP contribution in [0.3, 0.4) is 0 Å². The summed E-state index contributed by atoms with van der Waals surface area (Å²) in [6, 6.07) is 7.88. The smallest absolute Gasteiger partial charge is 0.408 e. The van der Waals surface area contributed by atoms with E-state index >= 15 is 0 Å². The van der Waals surface area contributed by atoms with E-state index in [9.17, 15) is 14.4 Å². The van der Waals surface area contributed by atoms with E-state index in [1.807, 2.05) is 36.6 Å². The summed E-state index contributed by atoms with van der Waals surface area (Å²) in [7, 11) is 1.63. The third-order valence-electron chi connectivity index (χ3n) is 5.65. The molecule has 33 heavy (non-hydrogen) atoms. The lowest BCUT2D eigenvalue weighted by Crippen LogP contribution is -2.52. The topological polar surface area (TPSA) is 87.7 Å². The van der Waals surface area contributed by atoms with Crippen molar-refractivity contribution in [1.29, 1.82) is 0 Å². The van der Waals surface area contributed by atoms with Crippen molar-refractivity contribution in [1.82, 2.24) is 15.5 Å². The van der Waals surface area contributed by atoms with Crippen LogP contribution in [0.25, 0.3) is 0 Å². The largest absolute Gasteiger partial charge is 0.444 e. The number of alkyl carbamates (subject to hydrolysis) is 1. The molecule has 1 aliphatic carbocycles. The van der Waals surface area contributed by atoms with E-state index in [4.69, 9.17) is 4.74 Å². The number of nitrogens with zero attached hydrogens (tertiary/aromatic N) is 1. The number of rotatable bonds is 9. The predicted molar refractivity (Wildman–Crippen MR) is 133 cm³/mol. The summed E-state index contributed by atoms with van der Waals surface area (Å²) < 4.78 is 5.36. The number of carbonyl (C=O) groups is 3. The maximum absolute atomic E-state index is 13.5. The number of ether oxygens (including phenoxy) is 1. The van der Waals surface area contributed by atoms with Gasteiger partial charge in [0.05, 0.1) is 0 Å². The van der Waals surface area contributed by atoms with Crippen LogP contribution in [0.15, 0.2) is 30.3 Å². The predicted octanol–water partition coefficient (Wildman–Crippen LogP) is 4.28. The van der Waals surface area contributed by atoms with E-state index in [0.29, 0.717) is 12.2 Å². The second-order valence-electron chi connectivity index (χ2n) is 9.59. The molecule has 0 radical (unpaired) electrons. The monoisotopic (exact) mass is 477 g/mol. The average molecular weight is 478 g/mol. The lowest BCUT2D eigenvalue weighted by Gasteiger charge is -2.33.